The number of ether oxygens (including phenoxy) is 2. The molecule has 2 fully saturated rings. The summed E-state index contributed by atoms with van der Waals surface area (Å²) in [4.78, 5) is 44.0. The van der Waals surface area contributed by atoms with Crippen molar-refractivity contribution < 1.29 is 24.2 Å². The lowest BCUT2D eigenvalue weighted by molar-refractivity contribution is -0.150. The summed E-state index contributed by atoms with van der Waals surface area (Å²) >= 11 is 5.00. The molecule has 2 saturated heterocycles. The van der Waals surface area contributed by atoms with Crippen LogP contribution in [0.1, 0.15) is 52.9 Å². The maximum Gasteiger partial charge on any atom is 0.408 e. The molecule has 230 valence electrons. The minimum absolute atomic E-state index is 0.0525. The van der Waals surface area contributed by atoms with Gasteiger partial charge in [0.15, 0.2) is 34.0 Å². The molecule has 5 heterocycles. The van der Waals surface area contributed by atoms with Crippen LogP contribution in [0.5, 0.6) is 11.5 Å². The summed E-state index contributed by atoms with van der Waals surface area (Å²) in [5, 5.41) is 10.5. The van der Waals surface area contributed by atoms with E-state index in [4.69, 9.17) is 20.2 Å². The Bertz CT molecular complexity index is 1520. The lowest BCUT2D eigenvalue weighted by atomic mass is 9.70. The lowest BCUT2D eigenvalue weighted by Crippen LogP contribution is -2.65. The Morgan fingerprint density at radius 1 is 1.16 bits per heavy atom. The number of nitrogen functional groups attached to an aromatic ring is 1. The van der Waals surface area contributed by atoms with Gasteiger partial charge in [0.1, 0.15) is 5.54 Å². The number of rotatable bonds is 6. The van der Waals surface area contributed by atoms with Crippen LogP contribution in [0.2, 0.25) is 0 Å². The smallest absolute Gasteiger partial charge is 0.408 e. The Kier molecular flexibility index (Phi) is 7.86. The second kappa shape index (κ2) is 11.3. The summed E-state index contributed by atoms with van der Waals surface area (Å²) in [6, 6.07) is 3.78. The topological polar surface area (TPSA) is 149 Å². The van der Waals surface area contributed by atoms with Crippen molar-refractivity contribution >= 4 is 45.5 Å². The Hall–Kier alpha value is -3.26. The van der Waals surface area contributed by atoms with E-state index < -0.39 is 17.0 Å². The number of nitrogens with zero attached hydrogens (tertiary/aromatic N) is 6. The van der Waals surface area contributed by atoms with Crippen molar-refractivity contribution in [1.82, 2.24) is 29.3 Å². The van der Waals surface area contributed by atoms with Crippen molar-refractivity contribution in [2.75, 3.05) is 32.2 Å². The fourth-order valence-electron chi connectivity index (χ4n) is 6.63. The number of piperidine rings is 1. The molecule has 43 heavy (non-hydrogen) atoms. The number of nitrogens with two attached hydrogens (primary N) is 1. The van der Waals surface area contributed by atoms with E-state index in [1.165, 1.54) is 16.7 Å². The number of fused-ring (bicyclic) bond motifs is 2. The molecule has 14 heteroatoms. The van der Waals surface area contributed by atoms with Crippen molar-refractivity contribution in [3.8, 4) is 23.0 Å². The molecule has 2 amide bonds. The second-order valence-electron chi connectivity index (χ2n) is 12.4. The molecule has 0 saturated carbocycles. The predicted octanol–water partition coefficient (Wildman–Crippen LogP) is 5.19. The molecule has 0 bridgehead atoms. The molecule has 0 radical (unpaired) electrons. The first kappa shape index (κ1) is 29.8. The van der Waals surface area contributed by atoms with Crippen LogP contribution in [0, 0.1) is 11.3 Å². The predicted molar refractivity (Wildman–Crippen MR) is 163 cm³/mol. The monoisotopic (exact) mass is 673 g/mol. The number of aryl methyl sites for hydroxylation is 1. The minimum Gasteiger partial charge on any atom is -0.465 e. The number of hydrogen-bond donors (Lipinski definition) is 2. The molecule has 5 aliphatic heterocycles. The number of benzene rings is 1. The maximum absolute atomic E-state index is 13.9. The number of amides is 2. The molecule has 0 unspecified atom stereocenters. The maximum atomic E-state index is 13.9. The van der Waals surface area contributed by atoms with E-state index in [0.717, 1.165) is 28.6 Å². The van der Waals surface area contributed by atoms with Crippen molar-refractivity contribution in [1.29, 1.82) is 0 Å². The fraction of sp³-hybridized carbons (Fsp3) is 0.552. The summed E-state index contributed by atoms with van der Waals surface area (Å²) in [6.45, 7) is 8.45. The molecule has 1 aromatic rings. The number of carboxylic acid groups (broad SMARTS) is 1. The van der Waals surface area contributed by atoms with Crippen LogP contribution in [0.25, 0.3) is 11.5 Å². The van der Waals surface area contributed by atoms with Crippen LogP contribution in [-0.2, 0) is 11.3 Å². The van der Waals surface area contributed by atoms with Gasteiger partial charge in [-0.25, -0.2) is 19.7 Å². The van der Waals surface area contributed by atoms with Crippen LogP contribution in [0.15, 0.2) is 33.0 Å². The number of imidazole rings is 1. The van der Waals surface area contributed by atoms with Gasteiger partial charge in [0.2, 0.25) is 12.7 Å². The standard InChI is InChI=1S/C29H36BrN7O5S/c1-28(2,3)29(8-4-9-37(29)27(39)40)25(38)35-10-5-17(6-11-35)7-12-36-15-32-23(31)22-24(36)34-26(33-22)43-21-14-20-19(13-18(21)30)41-16-42-20/h13-15,17H,4-12,16,31H2,1-3H3,(H,39,40)/t29-/m1/s1. The highest BCUT2D eigenvalue weighted by molar-refractivity contribution is 9.10. The van der Waals surface area contributed by atoms with Crippen LogP contribution in [-0.4, -0.2) is 78.4 Å². The van der Waals surface area contributed by atoms with Gasteiger partial charge in [0.05, 0.1) is 6.33 Å². The third-order valence-corrected chi connectivity index (χ3v) is 10.8. The van der Waals surface area contributed by atoms with Crippen LogP contribution in [0.4, 0.5) is 10.6 Å². The van der Waals surface area contributed by atoms with Gasteiger partial charge >= 0.3 is 6.09 Å². The molecule has 0 aromatic heterocycles. The molecule has 0 spiro atoms. The zero-order valence-electron chi connectivity index (χ0n) is 24.5. The zero-order valence-corrected chi connectivity index (χ0v) is 26.9. The highest BCUT2D eigenvalue weighted by atomic mass is 79.9. The van der Waals surface area contributed by atoms with E-state index in [-0.39, 0.29) is 12.7 Å². The van der Waals surface area contributed by atoms with Gasteiger partial charge in [0.25, 0.3) is 0 Å². The Morgan fingerprint density at radius 3 is 2.58 bits per heavy atom. The molecule has 12 nitrogen and oxygen atoms in total. The Labute approximate surface area is 262 Å². The average molecular weight is 675 g/mol. The molecule has 1 aromatic carbocycles. The van der Waals surface area contributed by atoms with E-state index in [1.807, 2.05) is 42.4 Å². The Balaban J connectivity index is 1.11. The summed E-state index contributed by atoms with van der Waals surface area (Å²) < 4.78 is 13.8. The number of carbonyl (C=O) groups excluding carboxylic acids is 1. The second-order valence-corrected chi connectivity index (χ2v) is 14.3. The summed E-state index contributed by atoms with van der Waals surface area (Å²) in [6.07, 6.45) is 4.56. The molecule has 0 aliphatic carbocycles. The molecule has 1 atom stereocenters. The number of carbonyl (C=O) groups is 2. The highest BCUT2D eigenvalue weighted by Gasteiger charge is 2.58. The third kappa shape index (κ3) is 5.36. The molecule has 5 aliphatic rings. The van der Waals surface area contributed by atoms with Gasteiger partial charge < -0.3 is 29.8 Å². The normalized spacial score (nSPS) is 20.7. The van der Waals surface area contributed by atoms with Crippen molar-refractivity contribution in [2.24, 2.45) is 11.3 Å². The minimum atomic E-state index is -1.02. The molecular formula is C29H36BrN7O5S. The van der Waals surface area contributed by atoms with Crippen molar-refractivity contribution in [2.45, 2.75) is 75.0 Å². The van der Waals surface area contributed by atoms with Gasteiger partial charge in [-0.1, -0.05) is 20.8 Å². The van der Waals surface area contributed by atoms with E-state index >= 15 is 0 Å². The third-order valence-electron chi connectivity index (χ3n) is 8.99. The van der Waals surface area contributed by atoms with E-state index in [2.05, 4.69) is 25.9 Å². The fourth-order valence-corrected chi connectivity index (χ4v) is 7.98. The highest BCUT2D eigenvalue weighted by Crippen LogP contribution is 2.46. The Morgan fingerprint density at radius 2 is 1.88 bits per heavy atom. The van der Waals surface area contributed by atoms with E-state index in [0.29, 0.717) is 78.9 Å². The number of anilines is 1. The van der Waals surface area contributed by atoms with Crippen LogP contribution in [0.3, 0.4) is 0 Å². The van der Waals surface area contributed by atoms with E-state index in [1.54, 1.807) is 6.33 Å². The largest absolute Gasteiger partial charge is 0.465 e. The molecular weight excluding hydrogens is 638 g/mol. The molecule has 6 rings (SSSR count). The van der Waals surface area contributed by atoms with Crippen molar-refractivity contribution in [3.05, 3.63) is 22.9 Å². The lowest BCUT2D eigenvalue weighted by Gasteiger charge is -2.48. The first-order chi connectivity index (χ1) is 20.5. The number of likely N-dealkylation sites (tertiary alicyclic amines) is 2. The zero-order chi connectivity index (χ0) is 30.5. The first-order valence-electron chi connectivity index (χ1n) is 14.5. The van der Waals surface area contributed by atoms with Gasteiger partial charge in [-0.05, 0) is 83.3 Å². The first-order valence-corrected chi connectivity index (χ1v) is 16.1. The molecule has 3 N–H and O–H groups in total. The summed E-state index contributed by atoms with van der Waals surface area (Å²) in [5.74, 6) is 2.75. The van der Waals surface area contributed by atoms with Crippen molar-refractivity contribution in [3.63, 3.8) is 0 Å². The number of hydrogen-bond acceptors (Lipinski definition) is 9. The van der Waals surface area contributed by atoms with Gasteiger partial charge in [0, 0.05) is 35.5 Å². The SMILES string of the molecule is CC(C)(C)[C@]1(C(=O)N2CCC(CCn3cnc(N)c4nc(Sc5cc6c(cc5Br)OCO6)nc3-4)CC2)CCCN1C(=O)O. The summed E-state index contributed by atoms with van der Waals surface area (Å²) in [7, 11) is 0. The summed E-state index contributed by atoms with van der Waals surface area (Å²) in [5.41, 5.74) is 5.22. The van der Waals surface area contributed by atoms with Crippen LogP contribution >= 0.6 is 27.7 Å². The van der Waals surface area contributed by atoms with E-state index in [9.17, 15) is 14.7 Å². The van der Waals surface area contributed by atoms with Crippen LogP contribution < -0.4 is 15.2 Å². The van der Waals surface area contributed by atoms with Gasteiger partial charge in [-0.2, -0.15) is 0 Å². The quantitative estimate of drug-likeness (QED) is 0.358. The number of halogens is 1. The van der Waals surface area contributed by atoms with Gasteiger partial charge in [-0.3, -0.25) is 9.69 Å². The average Bonchev–Trinajstić information content (AvgIpc) is 3.71. The van der Waals surface area contributed by atoms with Gasteiger partial charge in [-0.15, -0.1) is 0 Å². The number of aromatic nitrogens is 4.